The zero-order valence-electron chi connectivity index (χ0n) is 11.8. The lowest BCUT2D eigenvalue weighted by atomic mass is 10.1. The molecular formula is C14H21FN2O2. The smallest absolute Gasteiger partial charge is 0.258 e. The molecule has 0 fully saturated rings. The number of hydrogen-bond acceptors (Lipinski definition) is 3. The number of ether oxygens (including phenoxy) is 1. The normalized spacial score (nSPS) is 12.3. The molecule has 2 N–H and O–H groups in total. The molecule has 0 aliphatic carbocycles. The van der Waals surface area contributed by atoms with Gasteiger partial charge in [0.25, 0.3) is 5.91 Å². The minimum atomic E-state index is -0.344. The van der Waals surface area contributed by atoms with E-state index in [1.807, 2.05) is 20.8 Å². The van der Waals surface area contributed by atoms with Crippen LogP contribution in [0.5, 0.6) is 5.75 Å². The van der Waals surface area contributed by atoms with E-state index < -0.39 is 0 Å². The van der Waals surface area contributed by atoms with Crippen molar-refractivity contribution in [2.24, 2.45) is 0 Å². The van der Waals surface area contributed by atoms with Gasteiger partial charge in [-0.25, -0.2) is 4.39 Å². The average molecular weight is 268 g/mol. The molecule has 1 aromatic rings. The molecule has 1 atom stereocenters. The van der Waals surface area contributed by atoms with Crippen LogP contribution in [0.15, 0.2) is 18.2 Å². The molecule has 0 bridgehead atoms. The number of rotatable bonds is 6. The molecule has 0 aliphatic rings. The summed E-state index contributed by atoms with van der Waals surface area (Å²) in [6, 6.07) is 4.61. The van der Waals surface area contributed by atoms with Gasteiger partial charge in [-0.3, -0.25) is 4.79 Å². The van der Waals surface area contributed by atoms with E-state index in [0.29, 0.717) is 11.3 Å². The molecule has 1 amide bonds. The molecule has 19 heavy (non-hydrogen) atoms. The fourth-order valence-corrected chi connectivity index (χ4v) is 1.62. The molecule has 1 rings (SSSR count). The zero-order chi connectivity index (χ0) is 14.4. The van der Waals surface area contributed by atoms with Crippen LogP contribution in [-0.4, -0.2) is 25.6 Å². The summed E-state index contributed by atoms with van der Waals surface area (Å²) in [5, 5.41) is 5.67. The minimum absolute atomic E-state index is 0.0618. The van der Waals surface area contributed by atoms with Gasteiger partial charge in [0, 0.05) is 23.7 Å². The summed E-state index contributed by atoms with van der Waals surface area (Å²) in [7, 11) is 1.77. The third-order valence-corrected chi connectivity index (χ3v) is 2.69. The van der Waals surface area contributed by atoms with Crippen LogP contribution in [0.3, 0.4) is 0 Å². The summed E-state index contributed by atoms with van der Waals surface area (Å²) in [6.45, 7) is 5.49. The molecule has 0 saturated carbocycles. The van der Waals surface area contributed by atoms with Crippen LogP contribution >= 0.6 is 0 Å². The number of carbonyl (C=O) groups excluding carboxylic acids is 1. The first-order valence-corrected chi connectivity index (χ1v) is 6.33. The van der Waals surface area contributed by atoms with Crippen molar-refractivity contribution in [2.75, 3.05) is 13.7 Å². The summed E-state index contributed by atoms with van der Waals surface area (Å²) in [5.41, 5.74) is 0.571. The lowest BCUT2D eigenvalue weighted by Crippen LogP contribution is -2.34. The summed E-state index contributed by atoms with van der Waals surface area (Å²) in [4.78, 5) is 11.4. The molecule has 106 valence electrons. The van der Waals surface area contributed by atoms with Crippen molar-refractivity contribution < 1.29 is 13.9 Å². The Morgan fingerprint density at radius 1 is 1.37 bits per heavy atom. The highest BCUT2D eigenvalue weighted by Crippen LogP contribution is 2.21. The van der Waals surface area contributed by atoms with Crippen LogP contribution in [0, 0.1) is 5.82 Å². The van der Waals surface area contributed by atoms with Gasteiger partial charge in [-0.15, -0.1) is 0 Å². The minimum Gasteiger partial charge on any atom is -0.484 e. The van der Waals surface area contributed by atoms with Crippen LogP contribution in [0.1, 0.15) is 32.4 Å². The maximum atomic E-state index is 13.8. The van der Waals surface area contributed by atoms with Crippen molar-refractivity contribution >= 4 is 5.91 Å². The molecule has 0 aromatic heterocycles. The molecule has 4 nitrogen and oxygen atoms in total. The van der Waals surface area contributed by atoms with Crippen LogP contribution in [0.25, 0.3) is 0 Å². The van der Waals surface area contributed by atoms with Crippen LogP contribution < -0.4 is 15.4 Å². The van der Waals surface area contributed by atoms with E-state index in [9.17, 15) is 9.18 Å². The summed E-state index contributed by atoms with van der Waals surface area (Å²) in [5.74, 6) is -0.213. The molecular weight excluding hydrogens is 247 g/mol. The van der Waals surface area contributed by atoms with E-state index in [0.717, 1.165) is 0 Å². The van der Waals surface area contributed by atoms with E-state index in [-0.39, 0.29) is 30.4 Å². The van der Waals surface area contributed by atoms with E-state index in [4.69, 9.17) is 4.74 Å². The number of benzene rings is 1. The monoisotopic (exact) mass is 268 g/mol. The Morgan fingerprint density at radius 3 is 2.58 bits per heavy atom. The highest BCUT2D eigenvalue weighted by molar-refractivity contribution is 5.77. The van der Waals surface area contributed by atoms with Crippen LogP contribution in [0.4, 0.5) is 4.39 Å². The van der Waals surface area contributed by atoms with Crippen LogP contribution in [0.2, 0.25) is 0 Å². The van der Waals surface area contributed by atoms with E-state index in [1.165, 1.54) is 6.07 Å². The Balaban J connectivity index is 2.61. The lowest BCUT2D eigenvalue weighted by Gasteiger charge is -2.13. The predicted octanol–water partition coefficient (Wildman–Crippen LogP) is 2.01. The fourth-order valence-electron chi connectivity index (χ4n) is 1.62. The van der Waals surface area contributed by atoms with Gasteiger partial charge in [-0.05, 0) is 33.9 Å². The quantitative estimate of drug-likeness (QED) is 0.829. The summed E-state index contributed by atoms with van der Waals surface area (Å²) < 4.78 is 19.0. The Kier molecular flexibility index (Phi) is 5.76. The van der Waals surface area contributed by atoms with Gasteiger partial charge in [0.1, 0.15) is 11.6 Å². The zero-order valence-corrected chi connectivity index (χ0v) is 11.8. The molecule has 1 aromatic carbocycles. The first-order valence-electron chi connectivity index (χ1n) is 6.33. The Morgan fingerprint density at radius 2 is 2.05 bits per heavy atom. The molecule has 0 aliphatic heterocycles. The highest BCUT2D eigenvalue weighted by atomic mass is 19.1. The predicted molar refractivity (Wildman–Crippen MR) is 72.6 cm³/mol. The Bertz CT molecular complexity index is 435. The summed E-state index contributed by atoms with van der Waals surface area (Å²) in [6.07, 6.45) is 0. The molecule has 1 unspecified atom stereocenters. The second-order valence-corrected chi connectivity index (χ2v) is 4.70. The molecule has 0 spiro atoms. The number of amides is 1. The number of carbonyl (C=O) groups is 1. The second kappa shape index (κ2) is 7.09. The second-order valence-electron chi connectivity index (χ2n) is 4.70. The molecule has 0 heterocycles. The SMILES string of the molecule is CNC(C)c1ccc(OCC(=O)NC(C)C)cc1F. The van der Waals surface area contributed by atoms with E-state index in [2.05, 4.69) is 10.6 Å². The Hall–Kier alpha value is -1.62. The first kappa shape index (κ1) is 15.4. The van der Waals surface area contributed by atoms with Crippen molar-refractivity contribution in [3.63, 3.8) is 0 Å². The van der Waals surface area contributed by atoms with Gasteiger partial charge >= 0.3 is 0 Å². The van der Waals surface area contributed by atoms with Crippen LogP contribution in [-0.2, 0) is 4.79 Å². The standard InChI is InChI=1S/C14H21FN2O2/c1-9(2)17-14(18)8-19-11-5-6-12(10(3)16-4)13(15)7-11/h5-7,9-10,16H,8H2,1-4H3,(H,17,18). The maximum absolute atomic E-state index is 13.8. The third kappa shape index (κ3) is 4.87. The maximum Gasteiger partial charge on any atom is 0.258 e. The van der Waals surface area contributed by atoms with Gasteiger partial charge in [0.05, 0.1) is 0 Å². The molecule has 0 radical (unpaired) electrons. The van der Waals surface area contributed by atoms with Gasteiger partial charge in [0.15, 0.2) is 6.61 Å². The average Bonchev–Trinajstić information content (AvgIpc) is 2.35. The van der Waals surface area contributed by atoms with Gasteiger partial charge in [0.2, 0.25) is 0 Å². The van der Waals surface area contributed by atoms with Crippen molar-refractivity contribution in [1.82, 2.24) is 10.6 Å². The first-order chi connectivity index (χ1) is 8.93. The van der Waals surface area contributed by atoms with Crippen molar-refractivity contribution in [3.8, 4) is 5.75 Å². The fraction of sp³-hybridized carbons (Fsp3) is 0.500. The number of nitrogens with one attached hydrogen (secondary N) is 2. The lowest BCUT2D eigenvalue weighted by molar-refractivity contribution is -0.123. The largest absolute Gasteiger partial charge is 0.484 e. The third-order valence-electron chi connectivity index (χ3n) is 2.69. The van der Waals surface area contributed by atoms with Gasteiger partial charge in [-0.2, -0.15) is 0 Å². The highest BCUT2D eigenvalue weighted by Gasteiger charge is 2.11. The van der Waals surface area contributed by atoms with E-state index in [1.54, 1.807) is 19.2 Å². The number of halogens is 1. The van der Waals surface area contributed by atoms with Crippen molar-refractivity contribution in [1.29, 1.82) is 0 Å². The Labute approximate surface area is 113 Å². The topological polar surface area (TPSA) is 50.4 Å². The number of hydrogen-bond donors (Lipinski definition) is 2. The van der Waals surface area contributed by atoms with Gasteiger partial charge < -0.3 is 15.4 Å². The van der Waals surface area contributed by atoms with Crippen molar-refractivity contribution in [3.05, 3.63) is 29.6 Å². The van der Waals surface area contributed by atoms with E-state index >= 15 is 0 Å². The van der Waals surface area contributed by atoms with Gasteiger partial charge in [-0.1, -0.05) is 6.07 Å². The molecule has 5 heteroatoms. The van der Waals surface area contributed by atoms with Crippen molar-refractivity contribution in [2.45, 2.75) is 32.9 Å². The summed E-state index contributed by atoms with van der Waals surface area (Å²) >= 11 is 0. The molecule has 0 saturated heterocycles.